The van der Waals surface area contributed by atoms with E-state index in [9.17, 15) is 5.11 Å². The molecule has 0 radical (unpaired) electrons. The number of hydrogen-bond donors (Lipinski definition) is 2. The minimum Gasteiger partial charge on any atom is -0.393 e. The van der Waals surface area contributed by atoms with E-state index in [0.29, 0.717) is 16.7 Å². The number of nitrogens with one attached hydrogen (secondary N) is 1. The number of aliphatic hydroxyl groups is 1. The first-order chi connectivity index (χ1) is 12.9. The van der Waals surface area contributed by atoms with E-state index in [1.807, 2.05) is 5.57 Å². The van der Waals surface area contributed by atoms with Gasteiger partial charge in [-0.1, -0.05) is 44.1 Å². The lowest BCUT2D eigenvalue weighted by atomic mass is 9.45. The van der Waals surface area contributed by atoms with Crippen LogP contribution in [0.2, 0.25) is 0 Å². The van der Waals surface area contributed by atoms with E-state index in [4.69, 9.17) is 0 Å². The molecular weight excluding hydrogens is 330 g/mol. The van der Waals surface area contributed by atoms with Crippen molar-refractivity contribution in [3.8, 4) is 0 Å². The normalized spacial score (nSPS) is 52.3. The minimum atomic E-state index is -0.0968. The topological polar surface area (TPSA) is 32.3 Å². The van der Waals surface area contributed by atoms with Crippen LogP contribution in [0.5, 0.6) is 0 Å². The third-order valence-electron chi connectivity index (χ3n) is 9.79. The Morgan fingerprint density at radius 3 is 2.67 bits per heavy atom. The summed E-state index contributed by atoms with van der Waals surface area (Å²) in [5.74, 6) is 3.96. The van der Waals surface area contributed by atoms with Crippen molar-refractivity contribution in [1.82, 2.24) is 5.32 Å². The van der Waals surface area contributed by atoms with E-state index in [-0.39, 0.29) is 6.10 Å². The molecule has 5 aliphatic rings. The smallest absolute Gasteiger partial charge is 0.0577 e. The summed E-state index contributed by atoms with van der Waals surface area (Å²) in [6.07, 6.45) is 15.2. The fraction of sp³-hybridized carbons (Fsp3) is 0.840. The second-order valence-electron chi connectivity index (χ2n) is 11.1. The van der Waals surface area contributed by atoms with Gasteiger partial charge in [-0.3, -0.25) is 0 Å². The average Bonchev–Trinajstić information content (AvgIpc) is 3.01. The number of aliphatic hydroxyl groups excluding tert-OH is 1. The first-order valence-electron chi connectivity index (χ1n) is 11.7. The maximum Gasteiger partial charge on any atom is 0.0577 e. The summed E-state index contributed by atoms with van der Waals surface area (Å²) in [4.78, 5) is 0. The highest BCUT2D eigenvalue weighted by molar-refractivity contribution is 5.32. The van der Waals surface area contributed by atoms with E-state index < -0.39 is 0 Å². The molecule has 1 heterocycles. The third-order valence-corrected chi connectivity index (χ3v) is 9.79. The van der Waals surface area contributed by atoms with Crippen molar-refractivity contribution < 1.29 is 5.11 Å². The molecule has 0 bridgehead atoms. The maximum atomic E-state index is 10.3. The Labute approximate surface area is 165 Å². The molecule has 2 saturated carbocycles. The van der Waals surface area contributed by atoms with Crippen molar-refractivity contribution in [2.45, 2.75) is 78.2 Å². The number of piperidine rings is 1. The fourth-order valence-corrected chi connectivity index (χ4v) is 8.35. The number of fused-ring (bicyclic) bond motifs is 5. The van der Waals surface area contributed by atoms with Crippen LogP contribution in [0.15, 0.2) is 23.3 Å². The van der Waals surface area contributed by atoms with Gasteiger partial charge in [0.2, 0.25) is 0 Å². The van der Waals surface area contributed by atoms with E-state index in [2.05, 4.69) is 38.2 Å². The average molecular weight is 370 g/mol. The summed E-state index contributed by atoms with van der Waals surface area (Å²) in [5.41, 5.74) is 4.22. The molecule has 1 aliphatic heterocycles. The first-order valence-corrected chi connectivity index (χ1v) is 11.7. The lowest BCUT2D eigenvalue weighted by molar-refractivity contribution is -0.0502. The van der Waals surface area contributed by atoms with Crippen LogP contribution in [0.3, 0.4) is 0 Å². The highest BCUT2D eigenvalue weighted by Crippen LogP contribution is 2.66. The molecule has 2 N–H and O–H groups in total. The zero-order chi connectivity index (χ0) is 18.8. The molecule has 2 nitrogen and oxygen atoms in total. The Morgan fingerprint density at radius 2 is 1.89 bits per heavy atom. The Morgan fingerprint density at radius 1 is 1.07 bits per heavy atom. The van der Waals surface area contributed by atoms with Crippen LogP contribution in [-0.4, -0.2) is 24.3 Å². The van der Waals surface area contributed by atoms with Gasteiger partial charge in [-0.05, 0) is 98.3 Å². The maximum absolute atomic E-state index is 10.3. The van der Waals surface area contributed by atoms with Gasteiger partial charge in [0, 0.05) is 6.54 Å². The molecule has 1 unspecified atom stereocenters. The van der Waals surface area contributed by atoms with Gasteiger partial charge in [0.1, 0.15) is 0 Å². The zero-order valence-corrected chi connectivity index (χ0v) is 17.6. The molecule has 1 saturated heterocycles. The van der Waals surface area contributed by atoms with E-state index in [0.717, 1.165) is 36.5 Å². The molecule has 150 valence electrons. The predicted molar refractivity (Wildman–Crippen MR) is 111 cm³/mol. The van der Waals surface area contributed by atoms with E-state index >= 15 is 0 Å². The second kappa shape index (κ2) is 6.46. The van der Waals surface area contributed by atoms with Gasteiger partial charge in [-0.2, -0.15) is 0 Å². The highest BCUT2D eigenvalue weighted by atomic mass is 16.3. The van der Waals surface area contributed by atoms with Crippen molar-refractivity contribution in [1.29, 1.82) is 0 Å². The predicted octanol–water partition coefficient (Wildman–Crippen LogP) is 5.09. The van der Waals surface area contributed by atoms with Crippen molar-refractivity contribution in [3.63, 3.8) is 0 Å². The van der Waals surface area contributed by atoms with Gasteiger partial charge in [-0.25, -0.2) is 0 Å². The lowest BCUT2D eigenvalue weighted by Gasteiger charge is -2.60. The van der Waals surface area contributed by atoms with Crippen LogP contribution in [0.1, 0.15) is 72.1 Å². The number of hydrogen-bond acceptors (Lipinski definition) is 2. The van der Waals surface area contributed by atoms with Crippen molar-refractivity contribution in [2.75, 3.05) is 13.1 Å². The summed E-state index contributed by atoms with van der Waals surface area (Å²) < 4.78 is 0. The largest absolute Gasteiger partial charge is 0.393 e. The van der Waals surface area contributed by atoms with Crippen LogP contribution < -0.4 is 5.32 Å². The SMILES string of the molecule is C[C@H]1C=C2C[C@H](O)CC[C@]2(C)[C@H]2CC[C@]3(C)C(C4CCCNC4)=CC[C@H]3[C@H]12. The second-order valence-corrected chi connectivity index (χ2v) is 11.1. The Kier molecular flexibility index (Phi) is 4.41. The summed E-state index contributed by atoms with van der Waals surface area (Å²) in [6, 6.07) is 0. The molecule has 5 rings (SSSR count). The Bertz CT molecular complexity index is 659. The van der Waals surface area contributed by atoms with Crippen LogP contribution in [0.25, 0.3) is 0 Å². The minimum absolute atomic E-state index is 0.0968. The van der Waals surface area contributed by atoms with Crippen molar-refractivity contribution in [2.24, 2.45) is 40.4 Å². The van der Waals surface area contributed by atoms with Crippen LogP contribution in [0, 0.1) is 40.4 Å². The van der Waals surface area contributed by atoms with Gasteiger partial charge < -0.3 is 10.4 Å². The van der Waals surface area contributed by atoms with Crippen molar-refractivity contribution in [3.05, 3.63) is 23.3 Å². The molecular formula is C25H39NO. The van der Waals surface area contributed by atoms with Crippen molar-refractivity contribution >= 4 is 0 Å². The molecule has 4 aliphatic carbocycles. The molecule has 0 aromatic carbocycles. The highest BCUT2D eigenvalue weighted by Gasteiger charge is 2.58. The molecule has 3 fully saturated rings. The van der Waals surface area contributed by atoms with Gasteiger partial charge in [0.25, 0.3) is 0 Å². The third kappa shape index (κ3) is 2.65. The number of allylic oxidation sites excluding steroid dienone is 2. The molecule has 0 aromatic heterocycles. The van der Waals surface area contributed by atoms with Gasteiger partial charge >= 0.3 is 0 Å². The summed E-state index contributed by atoms with van der Waals surface area (Å²) in [7, 11) is 0. The van der Waals surface area contributed by atoms with Crippen LogP contribution in [0.4, 0.5) is 0 Å². The molecule has 0 amide bonds. The van der Waals surface area contributed by atoms with E-state index in [1.165, 1.54) is 51.6 Å². The zero-order valence-electron chi connectivity index (χ0n) is 17.6. The first kappa shape index (κ1) is 18.4. The van der Waals surface area contributed by atoms with E-state index in [1.54, 1.807) is 5.57 Å². The van der Waals surface area contributed by atoms with Crippen LogP contribution >= 0.6 is 0 Å². The number of rotatable bonds is 1. The standard InChI is InChI=1S/C25H39NO/c1-16-13-18-14-19(27)8-10-24(18,2)22-9-11-25(3)20(6-7-21(25)23(16)22)17-5-4-12-26-15-17/h6,13,16-17,19,21-23,26-27H,4-5,7-12,14-15H2,1-3H3/t16-,17?,19+,21-,22-,23-,24-,25+/m0/s1. The quantitative estimate of drug-likeness (QED) is 0.631. The van der Waals surface area contributed by atoms with Gasteiger partial charge in [0.05, 0.1) is 6.10 Å². The monoisotopic (exact) mass is 369 g/mol. The molecule has 2 heteroatoms. The van der Waals surface area contributed by atoms with Crippen LogP contribution in [-0.2, 0) is 0 Å². The fourth-order valence-electron chi connectivity index (χ4n) is 8.35. The summed E-state index contributed by atoms with van der Waals surface area (Å²) in [5, 5.41) is 13.9. The molecule has 0 spiro atoms. The summed E-state index contributed by atoms with van der Waals surface area (Å²) in [6.45, 7) is 10.1. The Balaban J connectivity index is 1.46. The summed E-state index contributed by atoms with van der Waals surface area (Å²) >= 11 is 0. The molecule has 27 heavy (non-hydrogen) atoms. The Hall–Kier alpha value is -0.600. The molecule has 0 aromatic rings. The molecule has 8 atom stereocenters. The lowest BCUT2D eigenvalue weighted by Crippen LogP contribution is -2.53. The van der Waals surface area contributed by atoms with Gasteiger partial charge in [0.15, 0.2) is 0 Å². The van der Waals surface area contributed by atoms with Gasteiger partial charge in [-0.15, -0.1) is 0 Å².